The zero-order chi connectivity index (χ0) is 11.0. The summed E-state index contributed by atoms with van der Waals surface area (Å²) in [6, 6.07) is 5.83. The Labute approximate surface area is 93.5 Å². The lowest BCUT2D eigenvalue weighted by atomic mass is 10.1. The van der Waals surface area contributed by atoms with Crippen LogP contribution in [0.4, 0.5) is 5.82 Å². The van der Waals surface area contributed by atoms with E-state index in [1.165, 1.54) is 0 Å². The Hall–Kier alpha value is -1.48. The Morgan fingerprint density at radius 1 is 1.40 bits per heavy atom. The van der Waals surface area contributed by atoms with Crippen LogP contribution in [0.15, 0.2) is 24.4 Å². The van der Waals surface area contributed by atoms with Crippen molar-refractivity contribution in [2.45, 2.75) is 6.92 Å². The van der Waals surface area contributed by atoms with Crippen molar-refractivity contribution in [2.24, 2.45) is 7.05 Å². The van der Waals surface area contributed by atoms with Crippen molar-refractivity contribution >= 4 is 17.4 Å². The summed E-state index contributed by atoms with van der Waals surface area (Å²) >= 11 is 5.96. The Morgan fingerprint density at radius 2 is 2.13 bits per heavy atom. The van der Waals surface area contributed by atoms with E-state index in [2.05, 4.69) is 5.10 Å². The number of nitrogens with two attached hydrogens (primary N) is 1. The van der Waals surface area contributed by atoms with Gasteiger partial charge in [0.05, 0.1) is 6.20 Å². The van der Waals surface area contributed by atoms with Gasteiger partial charge in [0.15, 0.2) is 0 Å². The smallest absolute Gasteiger partial charge is 0.129 e. The molecule has 0 atom stereocenters. The molecule has 0 bridgehead atoms. The number of nitrogen functional groups attached to an aromatic ring is 1. The van der Waals surface area contributed by atoms with E-state index in [1.54, 1.807) is 10.9 Å². The van der Waals surface area contributed by atoms with Crippen LogP contribution in [0.3, 0.4) is 0 Å². The van der Waals surface area contributed by atoms with Crippen molar-refractivity contribution in [3.8, 4) is 11.1 Å². The van der Waals surface area contributed by atoms with Gasteiger partial charge in [-0.25, -0.2) is 0 Å². The summed E-state index contributed by atoms with van der Waals surface area (Å²) in [5, 5.41) is 4.87. The minimum atomic E-state index is 0.664. The van der Waals surface area contributed by atoms with E-state index in [0.29, 0.717) is 5.82 Å². The second-order valence-electron chi connectivity index (χ2n) is 3.53. The molecule has 78 valence electrons. The third-order valence-corrected chi connectivity index (χ3v) is 2.88. The summed E-state index contributed by atoms with van der Waals surface area (Å²) in [7, 11) is 1.82. The molecule has 0 aliphatic carbocycles. The lowest BCUT2D eigenvalue weighted by molar-refractivity contribution is 0.779. The lowest BCUT2D eigenvalue weighted by Crippen LogP contribution is -1.98. The molecular formula is C11H12ClN3. The number of nitrogens with zero attached hydrogens (tertiary/aromatic N) is 2. The molecule has 0 radical (unpaired) electrons. The van der Waals surface area contributed by atoms with Crippen molar-refractivity contribution in [1.29, 1.82) is 0 Å². The molecule has 0 saturated heterocycles. The molecule has 15 heavy (non-hydrogen) atoms. The first kappa shape index (κ1) is 10.1. The van der Waals surface area contributed by atoms with Gasteiger partial charge in [-0.1, -0.05) is 17.7 Å². The van der Waals surface area contributed by atoms with Crippen LogP contribution >= 0.6 is 11.6 Å². The summed E-state index contributed by atoms with van der Waals surface area (Å²) < 4.78 is 1.65. The molecule has 2 rings (SSSR count). The molecular weight excluding hydrogens is 210 g/mol. The highest BCUT2D eigenvalue weighted by atomic mass is 35.5. The monoisotopic (exact) mass is 221 g/mol. The van der Waals surface area contributed by atoms with Gasteiger partial charge in [0, 0.05) is 17.6 Å². The predicted octanol–water partition coefficient (Wildman–Crippen LogP) is 2.63. The largest absolute Gasteiger partial charge is 0.383 e. The number of anilines is 1. The number of hydrogen-bond acceptors (Lipinski definition) is 2. The first-order valence-electron chi connectivity index (χ1n) is 4.63. The van der Waals surface area contributed by atoms with Crippen molar-refractivity contribution in [2.75, 3.05) is 5.73 Å². The van der Waals surface area contributed by atoms with E-state index in [0.717, 1.165) is 21.7 Å². The van der Waals surface area contributed by atoms with Crippen LogP contribution in [0, 0.1) is 6.92 Å². The molecule has 0 aliphatic rings. The molecule has 3 nitrogen and oxygen atoms in total. The first-order valence-corrected chi connectivity index (χ1v) is 5.01. The van der Waals surface area contributed by atoms with Crippen molar-refractivity contribution in [1.82, 2.24) is 9.78 Å². The molecule has 0 fully saturated rings. The molecule has 0 saturated carbocycles. The average Bonchev–Trinajstić information content (AvgIpc) is 2.53. The van der Waals surface area contributed by atoms with Crippen LogP contribution < -0.4 is 5.73 Å². The summed E-state index contributed by atoms with van der Waals surface area (Å²) in [6.07, 6.45) is 1.76. The van der Waals surface area contributed by atoms with Crippen molar-refractivity contribution in [3.63, 3.8) is 0 Å². The van der Waals surface area contributed by atoms with E-state index < -0.39 is 0 Å². The third kappa shape index (κ3) is 1.70. The maximum Gasteiger partial charge on any atom is 0.129 e. The van der Waals surface area contributed by atoms with E-state index in [4.69, 9.17) is 17.3 Å². The summed E-state index contributed by atoms with van der Waals surface area (Å²) in [5.74, 6) is 0.664. The maximum atomic E-state index is 5.96. The second kappa shape index (κ2) is 3.59. The summed E-state index contributed by atoms with van der Waals surface area (Å²) in [4.78, 5) is 0. The van der Waals surface area contributed by atoms with E-state index in [-0.39, 0.29) is 0 Å². The van der Waals surface area contributed by atoms with Gasteiger partial charge in [-0.2, -0.15) is 5.10 Å². The van der Waals surface area contributed by atoms with Crippen LogP contribution in [0.5, 0.6) is 0 Å². The third-order valence-electron chi connectivity index (χ3n) is 2.45. The molecule has 0 unspecified atom stereocenters. The van der Waals surface area contributed by atoms with Crippen molar-refractivity contribution < 1.29 is 0 Å². The van der Waals surface area contributed by atoms with Crippen LogP contribution in [-0.2, 0) is 7.05 Å². The first-order chi connectivity index (χ1) is 7.09. The second-order valence-corrected chi connectivity index (χ2v) is 3.94. The minimum absolute atomic E-state index is 0.664. The van der Waals surface area contributed by atoms with Gasteiger partial charge in [-0.05, 0) is 30.2 Å². The maximum absolute atomic E-state index is 5.96. The molecule has 1 heterocycles. The van der Waals surface area contributed by atoms with E-state index in [9.17, 15) is 0 Å². The molecule has 4 heteroatoms. The molecule has 2 aromatic rings. The fourth-order valence-corrected chi connectivity index (χ4v) is 1.60. The fourth-order valence-electron chi connectivity index (χ4n) is 1.48. The Kier molecular flexibility index (Phi) is 2.40. The van der Waals surface area contributed by atoms with Gasteiger partial charge in [0.2, 0.25) is 0 Å². The Bertz CT molecular complexity index is 503. The van der Waals surface area contributed by atoms with Gasteiger partial charge in [-0.15, -0.1) is 0 Å². The zero-order valence-electron chi connectivity index (χ0n) is 8.66. The van der Waals surface area contributed by atoms with Crippen LogP contribution in [0.25, 0.3) is 11.1 Å². The van der Waals surface area contributed by atoms with E-state index >= 15 is 0 Å². The quantitative estimate of drug-likeness (QED) is 0.805. The highest BCUT2D eigenvalue weighted by Crippen LogP contribution is 2.28. The number of hydrogen-bond donors (Lipinski definition) is 1. The number of rotatable bonds is 1. The van der Waals surface area contributed by atoms with Crippen LogP contribution in [-0.4, -0.2) is 9.78 Å². The van der Waals surface area contributed by atoms with Gasteiger partial charge in [0.1, 0.15) is 5.82 Å². The SMILES string of the molecule is Cc1cc(-c2cnn(C)c2N)ccc1Cl. The highest BCUT2D eigenvalue weighted by Gasteiger charge is 2.07. The highest BCUT2D eigenvalue weighted by molar-refractivity contribution is 6.31. The van der Waals surface area contributed by atoms with Crippen molar-refractivity contribution in [3.05, 3.63) is 35.0 Å². The molecule has 0 aliphatic heterocycles. The summed E-state index contributed by atoms with van der Waals surface area (Å²) in [6.45, 7) is 1.97. The average molecular weight is 222 g/mol. The normalized spacial score (nSPS) is 10.6. The van der Waals surface area contributed by atoms with Crippen LogP contribution in [0.2, 0.25) is 5.02 Å². The standard InChI is InChI=1S/C11H12ClN3/c1-7-5-8(3-4-10(7)12)9-6-14-15(2)11(9)13/h3-6H,13H2,1-2H3. The minimum Gasteiger partial charge on any atom is -0.383 e. The molecule has 1 aromatic heterocycles. The Balaban J connectivity index is 2.55. The van der Waals surface area contributed by atoms with Gasteiger partial charge < -0.3 is 5.73 Å². The molecule has 1 aromatic carbocycles. The number of halogens is 1. The fraction of sp³-hybridized carbons (Fsp3) is 0.182. The number of aryl methyl sites for hydroxylation is 2. The topological polar surface area (TPSA) is 43.8 Å². The predicted molar refractivity (Wildman–Crippen MR) is 62.8 cm³/mol. The van der Waals surface area contributed by atoms with Gasteiger partial charge >= 0.3 is 0 Å². The van der Waals surface area contributed by atoms with E-state index in [1.807, 2.05) is 32.2 Å². The lowest BCUT2D eigenvalue weighted by Gasteiger charge is -2.03. The number of aromatic nitrogens is 2. The molecule has 0 spiro atoms. The summed E-state index contributed by atoms with van der Waals surface area (Å²) in [5.41, 5.74) is 8.92. The van der Waals surface area contributed by atoms with Crippen LogP contribution in [0.1, 0.15) is 5.56 Å². The van der Waals surface area contributed by atoms with Gasteiger partial charge in [-0.3, -0.25) is 4.68 Å². The molecule has 0 amide bonds. The molecule has 2 N–H and O–H groups in total. The number of benzene rings is 1. The zero-order valence-corrected chi connectivity index (χ0v) is 9.42. The Morgan fingerprint density at radius 3 is 2.67 bits per heavy atom. The van der Waals surface area contributed by atoms with Gasteiger partial charge in [0.25, 0.3) is 0 Å².